The van der Waals surface area contributed by atoms with Crippen LogP contribution in [0.2, 0.25) is 0 Å². The summed E-state index contributed by atoms with van der Waals surface area (Å²) in [6, 6.07) is 9.76. The van der Waals surface area contributed by atoms with Crippen LogP contribution in [0.4, 0.5) is 13.2 Å². The third kappa shape index (κ3) is 3.82. The van der Waals surface area contributed by atoms with Crippen molar-refractivity contribution in [2.75, 3.05) is 13.4 Å². The second kappa shape index (κ2) is 7.07. The van der Waals surface area contributed by atoms with Crippen LogP contribution < -0.4 is 4.74 Å². The molecule has 0 saturated carbocycles. The summed E-state index contributed by atoms with van der Waals surface area (Å²) in [7, 11) is -2.07. The van der Waals surface area contributed by atoms with Crippen LogP contribution >= 0.6 is 0 Å². The minimum atomic E-state index is -3.39. The molecule has 1 heterocycles. The summed E-state index contributed by atoms with van der Waals surface area (Å²) in [4.78, 5) is 0.0941. The van der Waals surface area contributed by atoms with E-state index < -0.39 is 22.2 Å². The Labute approximate surface area is 153 Å². The van der Waals surface area contributed by atoms with Crippen LogP contribution in [0.5, 0.6) is 5.75 Å². The molecule has 0 spiro atoms. The van der Waals surface area contributed by atoms with E-state index in [1.807, 2.05) is 0 Å². The summed E-state index contributed by atoms with van der Waals surface area (Å²) < 4.78 is 68.8. The first-order valence-electron chi connectivity index (χ1n) is 7.72. The number of halogens is 3. The molecule has 0 aliphatic rings. The number of alkyl halides is 2. The van der Waals surface area contributed by atoms with Crippen LogP contribution in [0.1, 0.15) is 6.55 Å². The topological polar surface area (TPSA) is 61.2 Å². The molecule has 9 heteroatoms. The Morgan fingerprint density at radius 3 is 2.22 bits per heavy atom. The fraction of sp³-hybridized carbons (Fsp3) is 0.167. The molecule has 0 fully saturated rings. The highest BCUT2D eigenvalue weighted by Crippen LogP contribution is 2.34. The van der Waals surface area contributed by atoms with Gasteiger partial charge in [-0.05, 0) is 29.8 Å². The molecule has 142 valence electrons. The number of hydrogen-bond acceptors (Lipinski definition) is 4. The number of benzene rings is 2. The monoisotopic (exact) mass is 396 g/mol. The number of aromatic nitrogens is 2. The third-order valence-corrected chi connectivity index (χ3v) is 5.08. The van der Waals surface area contributed by atoms with E-state index in [2.05, 4.69) is 5.10 Å². The quantitative estimate of drug-likeness (QED) is 0.650. The first-order chi connectivity index (χ1) is 12.7. The van der Waals surface area contributed by atoms with Gasteiger partial charge in [0.1, 0.15) is 5.69 Å². The van der Waals surface area contributed by atoms with E-state index in [4.69, 9.17) is 4.74 Å². The Bertz CT molecular complexity index is 1080. The van der Waals surface area contributed by atoms with E-state index in [1.54, 1.807) is 0 Å². The lowest BCUT2D eigenvalue weighted by atomic mass is 10.0. The van der Waals surface area contributed by atoms with E-state index in [9.17, 15) is 21.6 Å². The lowest BCUT2D eigenvalue weighted by Gasteiger charge is -2.06. The largest absolute Gasteiger partial charge is 0.494 e. The number of methoxy groups -OCH3 is 1. The van der Waals surface area contributed by atoms with Crippen molar-refractivity contribution in [2.24, 2.45) is 0 Å². The van der Waals surface area contributed by atoms with E-state index in [0.717, 1.165) is 12.5 Å². The Hall–Kier alpha value is -2.81. The highest BCUT2D eigenvalue weighted by Gasteiger charge is 2.19. The minimum Gasteiger partial charge on any atom is -0.494 e. The molecule has 0 aliphatic heterocycles. The fourth-order valence-corrected chi connectivity index (χ4v) is 3.24. The van der Waals surface area contributed by atoms with Gasteiger partial charge in [0.15, 0.2) is 21.4 Å². The van der Waals surface area contributed by atoms with Crippen LogP contribution in [-0.4, -0.2) is 31.6 Å². The van der Waals surface area contributed by atoms with Gasteiger partial charge in [0.2, 0.25) is 0 Å². The smallest absolute Gasteiger partial charge is 0.333 e. The number of sulfone groups is 1. The van der Waals surface area contributed by atoms with Gasteiger partial charge in [-0.1, -0.05) is 18.2 Å². The maximum Gasteiger partial charge on any atom is 0.333 e. The van der Waals surface area contributed by atoms with Gasteiger partial charge < -0.3 is 4.74 Å². The fourth-order valence-electron chi connectivity index (χ4n) is 2.61. The third-order valence-electron chi connectivity index (χ3n) is 3.95. The Balaban J connectivity index is 2.14. The van der Waals surface area contributed by atoms with Crippen molar-refractivity contribution >= 4 is 9.84 Å². The van der Waals surface area contributed by atoms with Crippen LogP contribution in [0, 0.1) is 5.82 Å². The summed E-state index contributed by atoms with van der Waals surface area (Å²) in [5.41, 5.74) is 1.22. The highest BCUT2D eigenvalue weighted by atomic mass is 32.2. The van der Waals surface area contributed by atoms with Gasteiger partial charge in [-0.2, -0.15) is 13.9 Å². The summed E-state index contributed by atoms with van der Waals surface area (Å²) in [5, 5.41) is 3.88. The van der Waals surface area contributed by atoms with Crippen molar-refractivity contribution in [2.45, 2.75) is 11.4 Å². The van der Waals surface area contributed by atoms with Gasteiger partial charge in [-0.25, -0.2) is 17.5 Å². The number of nitrogens with zero attached hydrogens (tertiary/aromatic N) is 2. The average Bonchev–Trinajstić information content (AvgIpc) is 3.06. The van der Waals surface area contributed by atoms with Crippen molar-refractivity contribution in [1.82, 2.24) is 9.78 Å². The van der Waals surface area contributed by atoms with Gasteiger partial charge in [-0.3, -0.25) is 0 Å². The van der Waals surface area contributed by atoms with Gasteiger partial charge in [0, 0.05) is 23.6 Å². The SMILES string of the molecule is COc1ccc(-c2cn(C(F)F)nc2-c2ccc(S(C)(=O)=O)cc2)cc1F. The van der Waals surface area contributed by atoms with Crippen molar-refractivity contribution in [3.8, 4) is 28.1 Å². The van der Waals surface area contributed by atoms with Crippen molar-refractivity contribution in [1.29, 1.82) is 0 Å². The molecule has 27 heavy (non-hydrogen) atoms. The lowest BCUT2D eigenvalue weighted by Crippen LogP contribution is -1.98. The van der Waals surface area contributed by atoms with Crippen molar-refractivity contribution in [3.05, 3.63) is 54.5 Å². The predicted molar refractivity (Wildman–Crippen MR) is 94.0 cm³/mol. The highest BCUT2D eigenvalue weighted by molar-refractivity contribution is 7.90. The second-order valence-corrected chi connectivity index (χ2v) is 7.81. The molecule has 0 aliphatic carbocycles. The van der Waals surface area contributed by atoms with Crippen LogP contribution in [0.3, 0.4) is 0 Å². The van der Waals surface area contributed by atoms with Gasteiger partial charge >= 0.3 is 6.55 Å². The second-order valence-electron chi connectivity index (χ2n) is 5.79. The minimum absolute atomic E-state index is 0.0269. The van der Waals surface area contributed by atoms with Crippen LogP contribution in [-0.2, 0) is 9.84 Å². The molecule has 0 radical (unpaired) electrons. The molecule has 0 unspecified atom stereocenters. The van der Waals surface area contributed by atoms with E-state index in [0.29, 0.717) is 15.8 Å². The molecule has 0 atom stereocenters. The Morgan fingerprint density at radius 2 is 1.70 bits per heavy atom. The first kappa shape index (κ1) is 19.0. The number of rotatable bonds is 5. The predicted octanol–water partition coefficient (Wildman–Crippen LogP) is 4.16. The number of hydrogen-bond donors (Lipinski definition) is 0. The zero-order valence-electron chi connectivity index (χ0n) is 14.4. The molecule has 0 N–H and O–H groups in total. The van der Waals surface area contributed by atoms with E-state index >= 15 is 0 Å². The molecule has 5 nitrogen and oxygen atoms in total. The standard InChI is InChI=1S/C18H15F3N2O3S/c1-26-16-8-5-12(9-15(16)19)14-10-23(18(20)21)22-17(14)11-3-6-13(7-4-11)27(2,24)25/h3-10,18H,1-2H3. The molecular formula is C18H15F3N2O3S. The summed E-state index contributed by atoms with van der Waals surface area (Å²) in [5.74, 6) is -0.614. The molecular weight excluding hydrogens is 381 g/mol. The van der Waals surface area contributed by atoms with Crippen LogP contribution in [0.25, 0.3) is 22.4 Å². The molecule has 0 bridgehead atoms. The molecule has 3 aromatic rings. The number of ether oxygens (including phenoxy) is 1. The molecule has 2 aromatic carbocycles. The maximum absolute atomic E-state index is 14.1. The Kier molecular flexibility index (Phi) is 4.97. The lowest BCUT2D eigenvalue weighted by molar-refractivity contribution is 0.0569. The molecule has 1 aromatic heterocycles. The maximum atomic E-state index is 14.1. The van der Waals surface area contributed by atoms with E-state index in [-0.39, 0.29) is 21.9 Å². The van der Waals surface area contributed by atoms with Gasteiger partial charge in [-0.15, -0.1) is 0 Å². The first-order valence-corrected chi connectivity index (χ1v) is 9.61. The molecule has 0 amide bonds. The summed E-state index contributed by atoms with van der Waals surface area (Å²) in [6.07, 6.45) is 2.19. The molecule has 3 rings (SSSR count). The van der Waals surface area contributed by atoms with E-state index in [1.165, 1.54) is 49.6 Å². The zero-order valence-corrected chi connectivity index (χ0v) is 15.2. The summed E-state index contributed by atoms with van der Waals surface area (Å²) in [6.45, 7) is -2.88. The van der Waals surface area contributed by atoms with Gasteiger partial charge in [0.25, 0.3) is 0 Å². The Morgan fingerprint density at radius 1 is 1.07 bits per heavy atom. The summed E-state index contributed by atoms with van der Waals surface area (Å²) >= 11 is 0. The molecule has 0 saturated heterocycles. The average molecular weight is 396 g/mol. The zero-order chi connectivity index (χ0) is 19.8. The van der Waals surface area contributed by atoms with Crippen molar-refractivity contribution in [3.63, 3.8) is 0 Å². The van der Waals surface area contributed by atoms with Crippen molar-refractivity contribution < 1.29 is 26.3 Å². The van der Waals surface area contributed by atoms with Crippen LogP contribution in [0.15, 0.2) is 53.6 Å². The normalized spacial score (nSPS) is 11.8. The van der Waals surface area contributed by atoms with Gasteiger partial charge in [0.05, 0.1) is 12.0 Å².